The molecule has 1 saturated heterocycles. The van der Waals surface area contributed by atoms with Crippen LogP contribution in [0.4, 0.5) is 0 Å². The molecule has 5 heteroatoms. The SMILES string of the molecule is CC1=C2CC3C(CC2(C)CCC1)OC(=O)C3CNCCCn1ccnc1. The molecule has 26 heavy (non-hydrogen) atoms. The number of rotatable bonds is 6. The molecule has 2 heterocycles. The molecule has 3 aliphatic rings. The van der Waals surface area contributed by atoms with Crippen LogP contribution in [-0.2, 0) is 16.1 Å². The molecule has 0 aromatic carbocycles. The minimum atomic E-state index is 0.0139. The number of aryl methyl sites for hydroxylation is 1. The van der Waals surface area contributed by atoms with E-state index in [9.17, 15) is 4.79 Å². The van der Waals surface area contributed by atoms with E-state index in [1.807, 2.05) is 12.5 Å². The average Bonchev–Trinajstić information content (AvgIpc) is 3.21. The standard InChI is InChI=1S/C21H31N3O2/c1-15-5-3-6-21(2)12-19-16(11-18(15)21)17(20(25)26-19)13-22-7-4-9-24-10-8-23-14-24/h8,10,14,16-17,19,22H,3-7,9,11-13H2,1-2H3. The number of nitrogens with zero attached hydrogens (tertiary/aromatic N) is 2. The summed E-state index contributed by atoms with van der Waals surface area (Å²) in [4.78, 5) is 16.6. The molecule has 2 fully saturated rings. The van der Waals surface area contributed by atoms with Crippen molar-refractivity contribution < 1.29 is 9.53 Å². The van der Waals surface area contributed by atoms with Crippen LogP contribution in [0.3, 0.4) is 0 Å². The fourth-order valence-corrected chi connectivity index (χ4v) is 5.41. The number of carbonyl (C=O) groups excluding carboxylic acids is 1. The number of imidazole rings is 1. The normalized spacial score (nSPS) is 33.8. The van der Waals surface area contributed by atoms with E-state index in [-0.39, 0.29) is 23.4 Å². The lowest BCUT2D eigenvalue weighted by molar-refractivity contribution is -0.145. The van der Waals surface area contributed by atoms with Gasteiger partial charge in [0, 0.05) is 31.4 Å². The largest absolute Gasteiger partial charge is 0.462 e. The summed E-state index contributed by atoms with van der Waals surface area (Å²) in [5, 5.41) is 3.50. The van der Waals surface area contributed by atoms with Crippen molar-refractivity contribution in [1.29, 1.82) is 0 Å². The Balaban J connectivity index is 1.33. The van der Waals surface area contributed by atoms with E-state index in [0.29, 0.717) is 5.92 Å². The van der Waals surface area contributed by atoms with Crippen LogP contribution in [0, 0.1) is 17.3 Å². The second-order valence-electron chi connectivity index (χ2n) is 8.69. The lowest BCUT2D eigenvalue weighted by Gasteiger charge is -2.45. The smallest absolute Gasteiger partial charge is 0.310 e. The molecular weight excluding hydrogens is 326 g/mol. The average molecular weight is 357 g/mol. The first kappa shape index (κ1) is 17.8. The van der Waals surface area contributed by atoms with Crippen LogP contribution in [0.15, 0.2) is 29.9 Å². The third-order valence-corrected chi connectivity index (χ3v) is 6.87. The van der Waals surface area contributed by atoms with Gasteiger partial charge in [0.05, 0.1) is 12.2 Å². The Morgan fingerprint density at radius 2 is 2.35 bits per heavy atom. The van der Waals surface area contributed by atoms with Crippen LogP contribution >= 0.6 is 0 Å². The quantitative estimate of drug-likeness (QED) is 0.482. The van der Waals surface area contributed by atoms with Crippen LogP contribution in [0.5, 0.6) is 0 Å². The van der Waals surface area contributed by atoms with E-state index in [2.05, 4.69) is 28.7 Å². The zero-order chi connectivity index (χ0) is 18.1. The van der Waals surface area contributed by atoms with Crippen molar-refractivity contribution in [2.45, 2.75) is 65.0 Å². The van der Waals surface area contributed by atoms with E-state index in [0.717, 1.165) is 38.9 Å². The Labute approximate surface area is 156 Å². The summed E-state index contributed by atoms with van der Waals surface area (Å²) in [5.74, 6) is 0.391. The molecule has 5 nitrogen and oxygen atoms in total. The van der Waals surface area contributed by atoms with Gasteiger partial charge in [0.2, 0.25) is 0 Å². The van der Waals surface area contributed by atoms with Crippen LogP contribution in [0.1, 0.15) is 52.4 Å². The molecule has 4 atom stereocenters. The number of fused-ring (bicyclic) bond motifs is 2. The van der Waals surface area contributed by atoms with Crippen LogP contribution in [0.25, 0.3) is 0 Å². The van der Waals surface area contributed by atoms with Gasteiger partial charge in [0.15, 0.2) is 0 Å². The zero-order valence-electron chi connectivity index (χ0n) is 16.0. The number of esters is 1. The summed E-state index contributed by atoms with van der Waals surface area (Å²) in [6, 6.07) is 0. The Kier molecular flexibility index (Phi) is 4.91. The van der Waals surface area contributed by atoms with Gasteiger partial charge in [-0.1, -0.05) is 18.1 Å². The second kappa shape index (κ2) is 7.18. The van der Waals surface area contributed by atoms with Gasteiger partial charge in [-0.2, -0.15) is 0 Å². The summed E-state index contributed by atoms with van der Waals surface area (Å²) in [6.45, 7) is 7.30. The number of hydrogen-bond donors (Lipinski definition) is 1. The second-order valence-corrected chi connectivity index (χ2v) is 8.69. The van der Waals surface area contributed by atoms with Crippen molar-refractivity contribution in [3.63, 3.8) is 0 Å². The van der Waals surface area contributed by atoms with Crippen molar-refractivity contribution in [2.24, 2.45) is 17.3 Å². The van der Waals surface area contributed by atoms with Gasteiger partial charge in [-0.05, 0) is 57.4 Å². The van der Waals surface area contributed by atoms with Crippen molar-refractivity contribution >= 4 is 5.97 Å². The highest BCUT2D eigenvalue weighted by atomic mass is 16.6. The first-order valence-corrected chi connectivity index (χ1v) is 10.1. The van der Waals surface area contributed by atoms with Gasteiger partial charge in [-0.3, -0.25) is 4.79 Å². The molecular formula is C21H31N3O2. The lowest BCUT2D eigenvalue weighted by atomic mass is 9.59. The molecule has 1 aromatic heterocycles. The fourth-order valence-electron chi connectivity index (χ4n) is 5.41. The minimum Gasteiger partial charge on any atom is -0.462 e. The summed E-state index contributed by atoms with van der Waals surface area (Å²) in [6.07, 6.45) is 12.6. The highest BCUT2D eigenvalue weighted by Gasteiger charge is 2.52. The summed E-state index contributed by atoms with van der Waals surface area (Å²) < 4.78 is 7.91. The number of carbonyl (C=O) groups is 1. The molecule has 2 aliphatic carbocycles. The molecule has 0 spiro atoms. The van der Waals surface area contributed by atoms with E-state index in [4.69, 9.17) is 4.74 Å². The number of nitrogens with one attached hydrogen (secondary N) is 1. The Morgan fingerprint density at radius 3 is 3.15 bits per heavy atom. The summed E-state index contributed by atoms with van der Waals surface area (Å²) >= 11 is 0. The molecule has 0 amide bonds. The molecule has 142 valence electrons. The van der Waals surface area contributed by atoms with Crippen molar-refractivity contribution in [2.75, 3.05) is 13.1 Å². The van der Waals surface area contributed by atoms with Crippen LogP contribution < -0.4 is 5.32 Å². The molecule has 4 rings (SSSR count). The van der Waals surface area contributed by atoms with E-state index in [1.54, 1.807) is 17.3 Å². The maximum Gasteiger partial charge on any atom is 0.310 e. The van der Waals surface area contributed by atoms with E-state index >= 15 is 0 Å². The Bertz CT molecular complexity index is 681. The van der Waals surface area contributed by atoms with Gasteiger partial charge in [0.25, 0.3) is 0 Å². The molecule has 1 saturated carbocycles. The van der Waals surface area contributed by atoms with Gasteiger partial charge in [0.1, 0.15) is 6.10 Å². The van der Waals surface area contributed by atoms with E-state index < -0.39 is 0 Å². The summed E-state index contributed by atoms with van der Waals surface area (Å²) in [5.41, 5.74) is 3.47. The highest BCUT2D eigenvalue weighted by molar-refractivity contribution is 5.76. The van der Waals surface area contributed by atoms with Crippen molar-refractivity contribution in [3.05, 3.63) is 29.9 Å². The molecule has 0 radical (unpaired) electrons. The first-order chi connectivity index (χ1) is 12.6. The molecule has 4 unspecified atom stereocenters. The molecule has 1 aliphatic heterocycles. The van der Waals surface area contributed by atoms with Gasteiger partial charge < -0.3 is 14.6 Å². The van der Waals surface area contributed by atoms with Crippen molar-refractivity contribution in [3.8, 4) is 0 Å². The highest BCUT2D eigenvalue weighted by Crippen LogP contribution is 2.54. The third-order valence-electron chi connectivity index (χ3n) is 6.87. The number of aromatic nitrogens is 2. The monoisotopic (exact) mass is 357 g/mol. The van der Waals surface area contributed by atoms with E-state index in [1.165, 1.54) is 19.3 Å². The Morgan fingerprint density at radius 1 is 1.46 bits per heavy atom. The predicted octanol–water partition coefficient (Wildman–Crippen LogP) is 3.32. The lowest BCUT2D eigenvalue weighted by Crippen LogP contribution is -2.40. The maximum atomic E-state index is 12.5. The van der Waals surface area contributed by atoms with Crippen LogP contribution in [0.2, 0.25) is 0 Å². The fraction of sp³-hybridized carbons (Fsp3) is 0.714. The summed E-state index contributed by atoms with van der Waals surface area (Å²) in [7, 11) is 0. The molecule has 1 aromatic rings. The number of allylic oxidation sites excluding steroid dienone is 2. The van der Waals surface area contributed by atoms with Gasteiger partial charge in [-0.25, -0.2) is 4.98 Å². The Hall–Kier alpha value is -1.62. The van der Waals surface area contributed by atoms with Gasteiger partial charge in [-0.15, -0.1) is 0 Å². The predicted molar refractivity (Wildman–Crippen MR) is 100 cm³/mol. The van der Waals surface area contributed by atoms with Gasteiger partial charge >= 0.3 is 5.97 Å². The molecule has 0 bridgehead atoms. The minimum absolute atomic E-state index is 0.0139. The maximum absolute atomic E-state index is 12.5. The number of ether oxygens (including phenoxy) is 1. The topological polar surface area (TPSA) is 56.1 Å². The van der Waals surface area contributed by atoms with Crippen molar-refractivity contribution in [1.82, 2.24) is 14.9 Å². The van der Waals surface area contributed by atoms with Crippen LogP contribution in [-0.4, -0.2) is 34.7 Å². The zero-order valence-corrected chi connectivity index (χ0v) is 16.0. The molecule has 1 N–H and O–H groups in total. The first-order valence-electron chi connectivity index (χ1n) is 10.1. The third kappa shape index (κ3) is 3.34. The number of hydrogen-bond acceptors (Lipinski definition) is 4.